The largest absolute Gasteiger partial charge is 0.382 e. The molecule has 0 fully saturated rings. The molecule has 0 radical (unpaired) electrons. The highest BCUT2D eigenvalue weighted by atomic mass is 35.5. The minimum Gasteiger partial charge on any atom is -0.382 e. The molecule has 5 heteroatoms. The number of aryl methyl sites for hydroxylation is 1. The van der Waals surface area contributed by atoms with E-state index in [1.165, 1.54) is 76.2 Å². The molecule has 0 aliphatic heterocycles. The minimum atomic E-state index is 0.260. The average Bonchev–Trinajstić information content (AvgIpc) is 3.14. The van der Waals surface area contributed by atoms with E-state index in [1.807, 2.05) is 12.1 Å². The van der Waals surface area contributed by atoms with Gasteiger partial charge in [0.05, 0.1) is 0 Å². The molecule has 1 aromatic heterocycles. The second-order valence-electron chi connectivity index (χ2n) is 8.38. The van der Waals surface area contributed by atoms with E-state index < -0.39 is 0 Å². The molecule has 0 saturated heterocycles. The summed E-state index contributed by atoms with van der Waals surface area (Å²) in [7, 11) is 0. The highest BCUT2D eigenvalue weighted by Gasteiger charge is 2.08. The van der Waals surface area contributed by atoms with Crippen LogP contribution in [0.25, 0.3) is 0 Å². The quantitative estimate of drug-likeness (QED) is 0.263. The Morgan fingerprint density at radius 1 is 0.833 bits per heavy atom. The molecule has 0 bridgehead atoms. The second kappa shape index (κ2) is 15.1. The van der Waals surface area contributed by atoms with Crippen LogP contribution < -0.4 is 5.73 Å². The van der Waals surface area contributed by atoms with Crippen LogP contribution in [0.1, 0.15) is 94.6 Å². The first-order chi connectivity index (χ1) is 14.6. The van der Waals surface area contributed by atoms with Gasteiger partial charge in [-0.3, -0.25) is 9.89 Å². The van der Waals surface area contributed by atoms with Crippen molar-refractivity contribution in [3.8, 4) is 0 Å². The van der Waals surface area contributed by atoms with Gasteiger partial charge in [0.25, 0.3) is 0 Å². The number of carbonyl (C=O) groups is 1. The van der Waals surface area contributed by atoms with Crippen LogP contribution in [-0.4, -0.2) is 16.0 Å². The third-order valence-electron chi connectivity index (χ3n) is 5.72. The normalized spacial score (nSPS) is 11.1. The molecule has 0 aliphatic rings. The Bertz CT molecular complexity index is 711. The van der Waals surface area contributed by atoms with Gasteiger partial charge in [-0.05, 0) is 37.0 Å². The molecule has 0 saturated carbocycles. The molecule has 2 rings (SSSR count). The highest BCUT2D eigenvalue weighted by Crippen LogP contribution is 2.15. The SMILES string of the molecule is Nc1n[nH]cc1CC(=O)CCCCCCCCCCCCCCc1ccc(Cl)cc1. The first-order valence-electron chi connectivity index (χ1n) is 11.7. The van der Waals surface area contributed by atoms with Gasteiger partial charge in [0, 0.05) is 29.6 Å². The fourth-order valence-electron chi connectivity index (χ4n) is 3.84. The Morgan fingerprint density at radius 2 is 1.37 bits per heavy atom. The Morgan fingerprint density at radius 3 is 1.90 bits per heavy atom. The van der Waals surface area contributed by atoms with Crippen molar-refractivity contribution >= 4 is 23.2 Å². The van der Waals surface area contributed by atoms with Gasteiger partial charge in [-0.2, -0.15) is 5.10 Å². The number of ketones is 1. The number of benzene rings is 1. The number of hydrogen-bond donors (Lipinski definition) is 2. The van der Waals surface area contributed by atoms with E-state index in [2.05, 4.69) is 22.3 Å². The molecule has 166 valence electrons. The van der Waals surface area contributed by atoms with Gasteiger partial charge in [0.1, 0.15) is 11.6 Å². The zero-order chi connectivity index (χ0) is 21.4. The summed E-state index contributed by atoms with van der Waals surface area (Å²) in [5, 5.41) is 7.37. The van der Waals surface area contributed by atoms with Crippen LogP contribution in [0.3, 0.4) is 0 Å². The van der Waals surface area contributed by atoms with Gasteiger partial charge in [-0.25, -0.2) is 0 Å². The molecule has 4 nitrogen and oxygen atoms in total. The molecular weight excluding hydrogens is 394 g/mol. The number of H-pyrrole nitrogens is 1. The van der Waals surface area contributed by atoms with E-state index >= 15 is 0 Å². The van der Waals surface area contributed by atoms with Crippen molar-refractivity contribution < 1.29 is 4.79 Å². The van der Waals surface area contributed by atoms with Gasteiger partial charge in [0.2, 0.25) is 0 Å². The van der Waals surface area contributed by atoms with Crippen LogP contribution in [0, 0.1) is 0 Å². The summed E-state index contributed by atoms with van der Waals surface area (Å²) in [5.41, 5.74) is 7.91. The zero-order valence-electron chi connectivity index (χ0n) is 18.3. The highest BCUT2D eigenvalue weighted by molar-refractivity contribution is 6.30. The van der Waals surface area contributed by atoms with Crippen molar-refractivity contribution in [1.82, 2.24) is 10.2 Å². The molecule has 2 aromatic rings. The Labute approximate surface area is 187 Å². The molecule has 1 aromatic carbocycles. The number of aromatic amines is 1. The first kappa shape index (κ1) is 24.5. The maximum Gasteiger partial charge on any atom is 0.148 e. The smallest absolute Gasteiger partial charge is 0.148 e. The summed E-state index contributed by atoms with van der Waals surface area (Å²) in [6.07, 6.45) is 19.4. The molecule has 30 heavy (non-hydrogen) atoms. The summed E-state index contributed by atoms with van der Waals surface area (Å²) in [6, 6.07) is 8.24. The number of hydrogen-bond acceptors (Lipinski definition) is 3. The monoisotopic (exact) mass is 431 g/mol. The zero-order valence-corrected chi connectivity index (χ0v) is 19.1. The summed E-state index contributed by atoms with van der Waals surface area (Å²) in [6.45, 7) is 0. The number of nitrogens with zero attached hydrogens (tertiary/aromatic N) is 1. The molecule has 1 heterocycles. The molecular formula is C25H38ClN3O. The van der Waals surface area contributed by atoms with Gasteiger partial charge in [-0.15, -0.1) is 0 Å². The van der Waals surface area contributed by atoms with Crippen molar-refractivity contribution in [1.29, 1.82) is 0 Å². The molecule has 3 N–H and O–H groups in total. The van der Waals surface area contributed by atoms with Crippen molar-refractivity contribution in [2.45, 2.75) is 96.3 Å². The third-order valence-corrected chi connectivity index (χ3v) is 5.98. The van der Waals surface area contributed by atoms with Crippen LogP contribution in [0.2, 0.25) is 5.02 Å². The molecule has 0 aliphatic carbocycles. The van der Waals surface area contributed by atoms with E-state index in [-0.39, 0.29) is 5.78 Å². The van der Waals surface area contributed by atoms with Crippen LogP contribution in [0.4, 0.5) is 5.82 Å². The maximum absolute atomic E-state index is 11.9. The lowest BCUT2D eigenvalue weighted by Crippen LogP contribution is -2.03. The van der Waals surface area contributed by atoms with Crippen LogP contribution in [-0.2, 0) is 17.6 Å². The lowest BCUT2D eigenvalue weighted by Gasteiger charge is -2.04. The Kier molecular flexibility index (Phi) is 12.3. The van der Waals surface area contributed by atoms with E-state index in [0.717, 1.165) is 23.4 Å². The number of anilines is 1. The first-order valence-corrected chi connectivity index (χ1v) is 12.1. The average molecular weight is 432 g/mol. The standard InChI is InChI=1S/C25H38ClN3O/c26-23-17-15-21(16-18-23)13-11-9-7-5-3-1-2-4-6-8-10-12-14-24(30)19-22-20-28-29-25(22)27/h15-18,20H,1-14,19H2,(H3,27,28,29). The lowest BCUT2D eigenvalue weighted by molar-refractivity contribution is -0.118. The predicted octanol–water partition coefficient (Wildman–Crippen LogP) is 7.07. The van der Waals surface area contributed by atoms with Crippen LogP contribution in [0.5, 0.6) is 0 Å². The lowest BCUT2D eigenvalue weighted by atomic mass is 10.0. The number of aromatic nitrogens is 2. The summed E-state index contributed by atoms with van der Waals surface area (Å²) < 4.78 is 0. The molecule has 0 unspecified atom stereocenters. The van der Waals surface area contributed by atoms with E-state index in [0.29, 0.717) is 18.7 Å². The van der Waals surface area contributed by atoms with Gasteiger partial charge in [0.15, 0.2) is 0 Å². The van der Waals surface area contributed by atoms with Crippen molar-refractivity contribution in [3.63, 3.8) is 0 Å². The van der Waals surface area contributed by atoms with E-state index in [9.17, 15) is 4.79 Å². The fraction of sp³-hybridized carbons (Fsp3) is 0.600. The number of halogens is 1. The van der Waals surface area contributed by atoms with E-state index in [1.54, 1.807) is 6.20 Å². The van der Waals surface area contributed by atoms with Gasteiger partial charge >= 0.3 is 0 Å². The topological polar surface area (TPSA) is 71.8 Å². The number of unbranched alkanes of at least 4 members (excludes halogenated alkanes) is 11. The van der Waals surface area contributed by atoms with Gasteiger partial charge < -0.3 is 5.73 Å². The maximum atomic E-state index is 11.9. The number of nitrogens with two attached hydrogens (primary N) is 1. The molecule has 0 atom stereocenters. The second-order valence-corrected chi connectivity index (χ2v) is 8.82. The van der Waals surface area contributed by atoms with Crippen LogP contribution in [0.15, 0.2) is 30.5 Å². The number of Topliss-reactive ketones (excluding diaryl/α,β-unsaturated/α-hetero) is 1. The number of rotatable bonds is 17. The van der Waals surface area contributed by atoms with Crippen molar-refractivity contribution in [2.75, 3.05) is 5.73 Å². The molecule has 0 spiro atoms. The number of carbonyl (C=O) groups excluding carboxylic acids is 1. The summed E-state index contributed by atoms with van der Waals surface area (Å²) >= 11 is 5.92. The Hall–Kier alpha value is -1.81. The number of nitrogens with one attached hydrogen (secondary N) is 1. The van der Waals surface area contributed by atoms with Crippen molar-refractivity contribution in [3.05, 3.63) is 46.6 Å². The molecule has 0 amide bonds. The van der Waals surface area contributed by atoms with Crippen molar-refractivity contribution in [2.24, 2.45) is 0 Å². The summed E-state index contributed by atoms with van der Waals surface area (Å²) in [5.74, 6) is 0.706. The van der Waals surface area contributed by atoms with Crippen LogP contribution >= 0.6 is 11.6 Å². The Balaban J connectivity index is 1.30. The van der Waals surface area contributed by atoms with Gasteiger partial charge in [-0.1, -0.05) is 87.9 Å². The van der Waals surface area contributed by atoms with E-state index in [4.69, 9.17) is 17.3 Å². The predicted molar refractivity (Wildman–Crippen MR) is 127 cm³/mol. The third kappa shape index (κ3) is 10.8. The summed E-state index contributed by atoms with van der Waals surface area (Å²) in [4.78, 5) is 11.9. The number of nitrogen functional groups attached to an aromatic ring is 1. The fourth-order valence-corrected chi connectivity index (χ4v) is 3.96. The minimum absolute atomic E-state index is 0.260.